The molecule has 2 atom stereocenters. The maximum atomic E-state index is 12.6. The molecular weight excluding hydrogens is 312 g/mol. The first-order chi connectivity index (χ1) is 10.9. The van der Waals surface area contributed by atoms with Crippen LogP contribution in [0.25, 0.3) is 0 Å². The predicted octanol–water partition coefficient (Wildman–Crippen LogP) is 2.98. The molecule has 0 aromatic heterocycles. The zero-order chi connectivity index (χ0) is 17.0. The summed E-state index contributed by atoms with van der Waals surface area (Å²) in [7, 11) is 3.40. The van der Waals surface area contributed by atoms with Gasteiger partial charge in [0.1, 0.15) is 11.4 Å². The highest BCUT2D eigenvalue weighted by Crippen LogP contribution is 2.42. The van der Waals surface area contributed by atoms with E-state index in [9.17, 15) is 9.59 Å². The minimum Gasteiger partial charge on any atom is -0.464 e. The van der Waals surface area contributed by atoms with Crippen molar-refractivity contribution in [2.75, 3.05) is 26.5 Å². The third kappa shape index (κ3) is 4.19. The molecule has 2 rings (SSSR count). The van der Waals surface area contributed by atoms with E-state index in [-0.39, 0.29) is 23.3 Å². The molecule has 5 nitrogen and oxygen atoms in total. The number of carbonyl (C=O) groups excluding carboxylic acids is 2. The van der Waals surface area contributed by atoms with Gasteiger partial charge in [-0.25, -0.2) is 9.59 Å². The van der Waals surface area contributed by atoms with Crippen LogP contribution in [0.1, 0.15) is 24.8 Å². The number of hydrogen-bond acceptors (Lipinski definition) is 4. The molecule has 1 aromatic carbocycles. The summed E-state index contributed by atoms with van der Waals surface area (Å²) in [6.07, 6.45) is 0. The van der Waals surface area contributed by atoms with Gasteiger partial charge in [-0.05, 0) is 11.5 Å². The summed E-state index contributed by atoms with van der Waals surface area (Å²) in [5.41, 5.74) is 1.02. The van der Waals surface area contributed by atoms with Crippen LogP contribution in [-0.2, 0) is 9.53 Å². The summed E-state index contributed by atoms with van der Waals surface area (Å²) in [5, 5.41) is -0.164. The van der Waals surface area contributed by atoms with Crippen LogP contribution in [0.3, 0.4) is 0 Å². The van der Waals surface area contributed by atoms with E-state index in [1.807, 2.05) is 44.2 Å². The van der Waals surface area contributed by atoms with Crippen LogP contribution in [0.4, 0.5) is 4.79 Å². The van der Waals surface area contributed by atoms with E-state index in [2.05, 4.69) is 0 Å². The average Bonchev–Trinajstić information content (AvgIpc) is 2.97. The second-order valence-corrected chi connectivity index (χ2v) is 7.33. The van der Waals surface area contributed by atoms with E-state index in [0.29, 0.717) is 12.4 Å². The number of benzene rings is 1. The number of amides is 2. The molecule has 1 saturated heterocycles. The minimum absolute atomic E-state index is 0.164. The van der Waals surface area contributed by atoms with E-state index in [4.69, 9.17) is 4.74 Å². The first-order valence-corrected chi connectivity index (χ1v) is 8.79. The van der Waals surface area contributed by atoms with Gasteiger partial charge >= 0.3 is 12.0 Å². The molecule has 23 heavy (non-hydrogen) atoms. The molecule has 1 aliphatic heterocycles. The van der Waals surface area contributed by atoms with E-state index in [1.165, 1.54) is 4.90 Å². The van der Waals surface area contributed by atoms with Crippen molar-refractivity contribution in [1.29, 1.82) is 0 Å². The largest absolute Gasteiger partial charge is 0.464 e. The first-order valence-electron chi connectivity index (χ1n) is 7.74. The van der Waals surface area contributed by atoms with Gasteiger partial charge in [-0.1, -0.05) is 44.2 Å². The molecule has 1 aliphatic rings. The Bertz CT molecular complexity index is 548. The molecule has 0 bridgehead atoms. The molecule has 0 N–H and O–H groups in total. The quantitative estimate of drug-likeness (QED) is 0.793. The number of thioether (sulfide) groups is 1. The maximum Gasteiger partial charge on any atom is 0.329 e. The fourth-order valence-corrected chi connectivity index (χ4v) is 3.78. The highest BCUT2D eigenvalue weighted by Gasteiger charge is 2.43. The molecule has 126 valence electrons. The molecule has 1 fully saturated rings. The van der Waals surface area contributed by atoms with Crippen LogP contribution in [0.5, 0.6) is 0 Å². The predicted molar refractivity (Wildman–Crippen MR) is 92.1 cm³/mol. The van der Waals surface area contributed by atoms with Gasteiger partial charge in [-0.3, -0.25) is 4.90 Å². The number of ether oxygens (including phenoxy) is 1. The Kier molecular flexibility index (Phi) is 5.93. The molecule has 6 heteroatoms. The summed E-state index contributed by atoms with van der Waals surface area (Å²) in [6, 6.07) is 9.08. The van der Waals surface area contributed by atoms with Crippen LogP contribution in [0, 0.1) is 5.92 Å². The first kappa shape index (κ1) is 17.7. The number of esters is 1. The lowest BCUT2D eigenvalue weighted by Crippen LogP contribution is -2.48. The number of rotatable bonds is 4. The molecular formula is C17H24N2O3S. The van der Waals surface area contributed by atoms with E-state index in [1.54, 1.807) is 30.8 Å². The van der Waals surface area contributed by atoms with Crippen molar-refractivity contribution in [1.82, 2.24) is 9.80 Å². The van der Waals surface area contributed by atoms with Crippen molar-refractivity contribution < 1.29 is 14.3 Å². The van der Waals surface area contributed by atoms with Gasteiger partial charge in [0.05, 0.1) is 6.61 Å². The molecule has 0 aliphatic carbocycles. The van der Waals surface area contributed by atoms with Crippen molar-refractivity contribution >= 4 is 23.8 Å². The average molecular weight is 336 g/mol. The Hall–Kier alpha value is -1.69. The van der Waals surface area contributed by atoms with E-state index in [0.717, 1.165) is 5.56 Å². The lowest BCUT2D eigenvalue weighted by molar-refractivity contribution is -0.149. The third-order valence-corrected chi connectivity index (χ3v) is 4.84. The highest BCUT2D eigenvalue weighted by atomic mass is 32.2. The van der Waals surface area contributed by atoms with Crippen molar-refractivity contribution in [3.63, 3.8) is 0 Å². The Morgan fingerprint density at radius 3 is 2.52 bits per heavy atom. The van der Waals surface area contributed by atoms with Gasteiger partial charge < -0.3 is 9.64 Å². The maximum absolute atomic E-state index is 12.6. The third-order valence-electron chi connectivity index (χ3n) is 3.52. The SMILES string of the molecule is CC(C)COC(=O)C1CSC(c2ccccc2)N1C(=O)N(C)C. The number of hydrogen-bond donors (Lipinski definition) is 0. The Morgan fingerprint density at radius 1 is 1.30 bits per heavy atom. The number of carbonyl (C=O) groups is 2. The summed E-state index contributed by atoms with van der Waals surface area (Å²) in [5.74, 6) is 0.506. The lowest BCUT2D eigenvalue weighted by atomic mass is 10.2. The molecule has 1 aromatic rings. The summed E-state index contributed by atoms with van der Waals surface area (Å²) >= 11 is 1.60. The van der Waals surface area contributed by atoms with Gasteiger partial charge in [0, 0.05) is 19.8 Å². The smallest absolute Gasteiger partial charge is 0.329 e. The van der Waals surface area contributed by atoms with Crippen LogP contribution in [-0.4, -0.2) is 54.3 Å². The lowest BCUT2D eigenvalue weighted by Gasteiger charge is -2.31. The van der Waals surface area contributed by atoms with Crippen molar-refractivity contribution in [2.24, 2.45) is 5.92 Å². The van der Waals surface area contributed by atoms with Gasteiger partial charge in [0.15, 0.2) is 0 Å². The monoisotopic (exact) mass is 336 g/mol. The van der Waals surface area contributed by atoms with Gasteiger partial charge in [-0.15, -0.1) is 11.8 Å². The van der Waals surface area contributed by atoms with Crippen LogP contribution >= 0.6 is 11.8 Å². The van der Waals surface area contributed by atoms with Crippen LogP contribution < -0.4 is 0 Å². The summed E-state index contributed by atoms with van der Waals surface area (Å²) < 4.78 is 5.37. The van der Waals surface area contributed by atoms with E-state index < -0.39 is 6.04 Å². The Labute approximate surface area is 142 Å². The molecule has 0 saturated carbocycles. The van der Waals surface area contributed by atoms with Crippen molar-refractivity contribution in [2.45, 2.75) is 25.3 Å². The van der Waals surface area contributed by atoms with Crippen LogP contribution in [0.15, 0.2) is 30.3 Å². The van der Waals surface area contributed by atoms with Gasteiger partial charge in [0.2, 0.25) is 0 Å². The van der Waals surface area contributed by atoms with Crippen molar-refractivity contribution in [3.05, 3.63) is 35.9 Å². The van der Waals surface area contributed by atoms with Crippen LogP contribution in [0.2, 0.25) is 0 Å². The summed E-state index contributed by atoms with van der Waals surface area (Å²) in [4.78, 5) is 28.2. The Morgan fingerprint density at radius 2 is 1.96 bits per heavy atom. The zero-order valence-corrected chi connectivity index (χ0v) is 14.9. The number of nitrogens with zero attached hydrogens (tertiary/aromatic N) is 2. The highest BCUT2D eigenvalue weighted by molar-refractivity contribution is 7.99. The zero-order valence-electron chi connectivity index (χ0n) is 14.1. The van der Waals surface area contributed by atoms with E-state index >= 15 is 0 Å². The second-order valence-electron chi connectivity index (χ2n) is 6.22. The fraction of sp³-hybridized carbons (Fsp3) is 0.529. The van der Waals surface area contributed by atoms with Crippen molar-refractivity contribution in [3.8, 4) is 0 Å². The normalized spacial score (nSPS) is 20.7. The molecule has 2 unspecified atom stereocenters. The number of urea groups is 1. The van der Waals surface area contributed by atoms with Gasteiger partial charge in [0.25, 0.3) is 0 Å². The topological polar surface area (TPSA) is 49.9 Å². The molecule has 0 radical (unpaired) electrons. The molecule has 1 heterocycles. The minimum atomic E-state index is -0.543. The molecule has 2 amide bonds. The fourth-order valence-electron chi connectivity index (χ4n) is 2.37. The standard InChI is InChI=1S/C17H24N2O3S/c1-12(2)10-22-16(20)14-11-23-15(13-8-6-5-7-9-13)19(14)17(21)18(3)4/h5-9,12,14-15H,10-11H2,1-4H3. The molecule has 0 spiro atoms. The second kappa shape index (κ2) is 7.73. The Balaban J connectivity index is 2.22. The summed E-state index contributed by atoms with van der Waals surface area (Å²) in [6.45, 7) is 4.36. The van der Waals surface area contributed by atoms with Gasteiger partial charge in [-0.2, -0.15) is 0 Å².